The van der Waals surface area contributed by atoms with Gasteiger partial charge in [0.2, 0.25) is 0 Å². The van der Waals surface area contributed by atoms with E-state index in [1.807, 2.05) is 0 Å². The van der Waals surface area contributed by atoms with Crippen molar-refractivity contribution >= 4 is 12.0 Å². The minimum absolute atomic E-state index is 0.0878. The van der Waals surface area contributed by atoms with Crippen LogP contribution in [-0.2, 0) is 9.53 Å². The maximum Gasteiger partial charge on any atom is 0.314 e. The molecule has 0 heterocycles. The molecular weight excluding hydrogens is 268 g/mol. The first-order valence-corrected chi connectivity index (χ1v) is 8.31. The molecule has 1 aliphatic carbocycles. The van der Waals surface area contributed by atoms with Crippen LogP contribution in [0.15, 0.2) is 0 Å². The summed E-state index contributed by atoms with van der Waals surface area (Å²) in [5.74, 6) is 0.444. The summed E-state index contributed by atoms with van der Waals surface area (Å²) in [5.41, 5.74) is 0. The highest BCUT2D eigenvalue weighted by molar-refractivity contribution is 5.73. The third kappa shape index (κ3) is 9.32. The van der Waals surface area contributed by atoms with Crippen molar-refractivity contribution in [1.29, 1.82) is 0 Å². The van der Waals surface area contributed by atoms with Crippen LogP contribution in [0.3, 0.4) is 0 Å². The van der Waals surface area contributed by atoms with Crippen molar-refractivity contribution in [3.8, 4) is 0 Å². The first-order valence-electron chi connectivity index (χ1n) is 8.31. The van der Waals surface area contributed by atoms with Crippen LogP contribution in [-0.4, -0.2) is 32.2 Å². The molecule has 0 aromatic carbocycles. The summed E-state index contributed by atoms with van der Waals surface area (Å²) in [4.78, 5) is 22.6. The summed E-state index contributed by atoms with van der Waals surface area (Å²) in [6, 6.07) is -0.0878. The van der Waals surface area contributed by atoms with E-state index in [0.29, 0.717) is 18.9 Å². The number of unbranched alkanes of at least 4 members (excludes halogenated alkanes) is 1. The van der Waals surface area contributed by atoms with Crippen LogP contribution in [0.4, 0.5) is 4.79 Å². The van der Waals surface area contributed by atoms with Gasteiger partial charge >= 0.3 is 12.0 Å². The van der Waals surface area contributed by atoms with Gasteiger partial charge in [0, 0.05) is 19.5 Å². The van der Waals surface area contributed by atoms with E-state index < -0.39 is 0 Å². The Morgan fingerprint density at radius 2 is 1.67 bits per heavy atom. The molecule has 0 spiro atoms. The van der Waals surface area contributed by atoms with Gasteiger partial charge in [-0.05, 0) is 31.6 Å². The van der Waals surface area contributed by atoms with Crippen molar-refractivity contribution in [1.82, 2.24) is 10.6 Å². The van der Waals surface area contributed by atoms with E-state index in [1.165, 1.54) is 52.1 Å². The van der Waals surface area contributed by atoms with E-state index >= 15 is 0 Å². The molecule has 21 heavy (non-hydrogen) atoms. The van der Waals surface area contributed by atoms with Gasteiger partial charge in [-0.3, -0.25) is 4.79 Å². The van der Waals surface area contributed by atoms with E-state index in [1.54, 1.807) is 0 Å². The molecule has 0 radical (unpaired) electrons. The van der Waals surface area contributed by atoms with Gasteiger partial charge in [0.05, 0.1) is 7.11 Å². The minimum Gasteiger partial charge on any atom is -0.469 e. The van der Waals surface area contributed by atoms with Crippen molar-refractivity contribution in [2.45, 2.75) is 64.2 Å². The number of rotatable bonds is 7. The number of hydrogen-bond acceptors (Lipinski definition) is 3. The van der Waals surface area contributed by atoms with Crippen LogP contribution in [0, 0.1) is 5.92 Å². The molecule has 0 atom stereocenters. The molecule has 0 bridgehead atoms. The predicted octanol–water partition coefficient (Wildman–Crippen LogP) is 2.99. The second kappa shape index (κ2) is 11.4. The van der Waals surface area contributed by atoms with Crippen LogP contribution in [0.5, 0.6) is 0 Å². The van der Waals surface area contributed by atoms with Gasteiger partial charge in [-0.1, -0.05) is 32.1 Å². The zero-order valence-corrected chi connectivity index (χ0v) is 13.3. The lowest BCUT2D eigenvalue weighted by molar-refractivity contribution is -0.140. The SMILES string of the molecule is COC(=O)CCCCNC(=O)NCC1CCCCCCC1. The summed E-state index contributed by atoms with van der Waals surface area (Å²) in [6.45, 7) is 1.39. The first-order chi connectivity index (χ1) is 10.2. The largest absolute Gasteiger partial charge is 0.469 e. The molecule has 1 rings (SSSR count). The Morgan fingerprint density at radius 1 is 1.00 bits per heavy atom. The zero-order valence-electron chi connectivity index (χ0n) is 13.3. The lowest BCUT2D eigenvalue weighted by atomic mass is 9.91. The third-order valence-electron chi connectivity index (χ3n) is 4.10. The maximum absolute atomic E-state index is 11.7. The number of nitrogens with one attached hydrogen (secondary N) is 2. The standard InChI is InChI=1S/C16H30N2O3/c1-21-15(19)11-7-8-12-17-16(20)18-13-14-9-5-3-2-4-6-10-14/h14H,2-13H2,1H3,(H2,17,18,20). The van der Waals surface area contributed by atoms with Crippen LogP contribution in [0.1, 0.15) is 64.2 Å². The number of methoxy groups -OCH3 is 1. The lowest BCUT2D eigenvalue weighted by Crippen LogP contribution is -2.38. The number of amides is 2. The van der Waals surface area contributed by atoms with E-state index in [9.17, 15) is 9.59 Å². The number of hydrogen-bond donors (Lipinski definition) is 2. The Bertz CT molecular complexity index is 300. The topological polar surface area (TPSA) is 67.4 Å². The molecule has 0 aromatic rings. The van der Waals surface area contributed by atoms with Crippen molar-refractivity contribution in [3.63, 3.8) is 0 Å². The first kappa shape index (κ1) is 17.8. The van der Waals surface area contributed by atoms with Gasteiger partial charge in [0.1, 0.15) is 0 Å². The Labute approximate surface area is 128 Å². The molecule has 0 aromatic heterocycles. The molecule has 0 unspecified atom stereocenters. The second-order valence-corrected chi connectivity index (χ2v) is 5.88. The highest BCUT2D eigenvalue weighted by atomic mass is 16.5. The zero-order chi connectivity index (χ0) is 15.3. The van der Waals surface area contributed by atoms with Crippen LogP contribution < -0.4 is 10.6 Å². The lowest BCUT2D eigenvalue weighted by Gasteiger charge is -2.20. The van der Waals surface area contributed by atoms with Crippen LogP contribution in [0.2, 0.25) is 0 Å². The molecule has 2 N–H and O–H groups in total. The fourth-order valence-electron chi connectivity index (χ4n) is 2.74. The predicted molar refractivity (Wildman–Crippen MR) is 83.1 cm³/mol. The second-order valence-electron chi connectivity index (χ2n) is 5.88. The molecule has 0 saturated heterocycles. The average Bonchev–Trinajstić information content (AvgIpc) is 2.45. The third-order valence-corrected chi connectivity index (χ3v) is 4.10. The molecular formula is C16H30N2O3. The molecule has 1 saturated carbocycles. The van der Waals surface area contributed by atoms with Crippen molar-refractivity contribution in [3.05, 3.63) is 0 Å². The molecule has 122 valence electrons. The summed E-state index contributed by atoms with van der Waals surface area (Å²) in [5, 5.41) is 5.81. The fourth-order valence-corrected chi connectivity index (χ4v) is 2.74. The van der Waals surface area contributed by atoms with Crippen molar-refractivity contribution < 1.29 is 14.3 Å². The number of carbonyl (C=O) groups is 2. The number of esters is 1. The van der Waals surface area contributed by atoms with Gasteiger partial charge in [-0.2, -0.15) is 0 Å². The molecule has 0 aliphatic heterocycles. The summed E-state index contributed by atoms with van der Waals surface area (Å²) in [7, 11) is 1.39. The van der Waals surface area contributed by atoms with Gasteiger partial charge in [-0.15, -0.1) is 0 Å². The van der Waals surface area contributed by atoms with Crippen molar-refractivity contribution in [2.24, 2.45) is 5.92 Å². The number of carbonyl (C=O) groups excluding carboxylic acids is 2. The molecule has 1 aliphatic rings. The smallest absolute Gasteiger partial charge is 0.314 e. The molecule has 5 heteroatoms. The average molecular weight is 298 g/mol. The summed E-state index contributed by atoms with van der Waals surface area (Å²) >= 11 is 0. The van der Waals surface area contributed by atoms with E-state index in [4.69, 9.17) is 0 Å². The monoisotopic (exact) mass is 298 g/mol. The Balaban J connectivity index is 2.01. The summed E-state index contributed by atoms with van der Waals surface area (Å²) < 4.78 is 4.56. The highest BCUT2D eigenvalue weighted by Gasteiger charge is 2.12. The van der Waals surface area contributed by atoms with E-state index in [-0.39, 0.29) is 12.0 Å². The molecule has 2 amide bonds. The fraction of sp³-hybridized carbons (Fsp3) is 0.875. The van der Waals surface area contributed by atoms with E-state index in [2.05, 4.69) is 15.4 Å². The van der Waals surface area contributed by atoms with Crippen LogP contribution >= 0.6 is 0 Å². The Morgan fingerprint density at radius 3 is 2.33 bits per heavy atom. The number of urea groups is 1. The van der Waals surface area contributed by atoms with E-state index in [0.717, 1.165) is 19.4 Å². The number of ether oxygens (including phenoxy) is 1. The molecule has 1 fully saturated rings. The van der Waals surface area contributed by atoms with Gasteiger partial charge in [-0.25, -0.2) is 4.79 Å². The normalized spacial score (nSPS) is 16.6. The van der Waals surface area contributed by atoms with Gasteiger partial charge in [0.25, 0.3) is 0 Å². The van der Waals surface area contributed by atoms with Crippen LogP contribution in [0.25, 0.3) is 0 Å². The molecule has 5 nitrogen and oxygen atoms in total. The maximum atomic E-state index is 11.7. The highest BCUT2D eigenvalue weighted by Crippen LogP contribution is 2.21. The van der Waals surface area contributed by atoms with Gasteiger partial charge < -0.3 is 15.4 Å². The minimum atomic E-state index is -0.191. The summed E-state index contributed by atoms with van der Waals surface area (Å²) in [6.07, 6.45) is 11.1. The Kier molecular flexibility index (Phi) is 9.66. The van der Waals surface area contributed by atoms with Gasteiger partial charge in [0.15, 0.2) is 0 Å². The van der Waals surface area contributed by atoms with Crippen molar-refractivity contribution in [2.75, 3.05) is 20.2 Å². The quantitative estimate of drug-likeness (QED) is 0.561. The Hall–Kier alpha value is -1.26.